The van der Waals surface area contributed by atoms with E-state index in [1.54, 1.807) is 0 Å². The van der Waals surface area contributed by atoms with Gasteiger partial charge >= 0.3 is 0 Å². The van der Waals surface area contributed by atoms with E-state index in [1.165, 1.54) is 30.0 Å². The summed E-state index contributed by atoms with van der Waals surface area (Å²) in [7, 11) is 0. The minimum atomic E-state index is -1.38. The van der Waals surface area contributed by atoms with Crippen molar-refractivity contribution in [2.75, 3.05) is 19.0 Å². The Balaban J connectivity index is 2.17. The number of aliphatic hydroxyl groups excluding tert-OH is 1. The summed E-state index contributed by atoms with van der Waals surface area (Å²) in [4.78, 5) is 4.20. The monoisotopic (exact) mass is 299 g/mol. The lowest BCUT2D eigenvalue weighted by atomic mass is 9.84. The molecule has 108 valence electrons. The average molecular weight is 299 g/mol. The molecule has 5 N–H and O–H groups in total. The molecule has 1 aliphatic heterocycles. The van der Waals surface area contributed by atoms with Crippen LogP contribution in [0.2, 0.25) is 0 Å². The van der Waals surface area contributed by atoms with Crippen LogP contribution in [0.4, 0.5) is 14.5 Å². The van der Waals surface area contributed by atoms with Crippen LogP contribution in [-0.2, 0) is 5.54 Å². The predicted octanol–water partition coefficient (Wildman–Crippen LogP) is 1.39. The van der Waals surface area contributed by atoms with Crippen LogP contribution >= 0.6 is 11.8 Å². The molecule has 0 aromatic heterocycles. The highest BCUT2D eigenvalue weighted by molar-refractivity contribution is 8.15. The number of benzene rings is 1. The molecule has 20 heavy (non-hydrogen) atoms. The second kappa shape index (κ2) is 4.33. The first kappa shape index (κ1) is 13.6. The number of anilines is 1. The third kappa shape index (κ3) is 1.73. The number of halogens is 2. The Labute approximate surface area is 119 Å². The van der Waals surface area contributed by atoms with Gasteiger partial charge in [-0.3, -0.25) is 0 Å². The van der Waals surface area contributed by atoms with Gasteiger partial charge in [0, 0.05) is 17.2 Å². The predicted molar refractivity (Wildman–Crippen MR) is 75.6 cm³/mol. The van der Waals surface area contributed by atoms with Gasteiger partial charge in [0.05, 0.1) is 11.4 Å². The van der Waals surface area contributed by atoms with Gasteiger partial charge in [0.2, 0.25) is 0 Å². The second-order valence-electron chi connectivity index (χ2n) is 5.33. The number of nitrogen functional groups attached to an aromatic ring is 1. The number of thioether (sulfide) groups is 1. The molecule has 1 aromatic rings. The van der Waals surface area contributed by atoms with E-state index in [4.69, 9.17) is 11.5 Å². The van der Waals surface area contributed by atoms with Gasteiger partial charge in [0.25, 0.3) is 0 Å². The van der Waals surface area contributed by atoms with E-state index >= 15 is 0 Å². The molecule has 1 aliphatic carbocycles. The fourth-order valence-electron chi connectivity index (χ4n) is 3.03. The molecule has 0 amide bonds. The second-order valence-corrected chi connectivity index (χ2v) is 6.76. The quantitative estimate of drug-likeness (QED) is 0.736. The number of alkyl halides is 1. The standard InChI is InChI=1S/C13H15F2N3OS/c14-5-13(8-3-7(16)1-2-9(8)15)10-4-12(10,6-19)20-11(17)18-13/h1-3,10,19H,4-6,16H2,(H2,17,18)/t10?,12-,13+/m0/s1. The van der Waals surface area contributed by atoms with Gasteiger partial charge < -0.3 is 16.6 Å². The highest BCUT2D eigenvalue weighted by Gasteiger charge is 2.68. The lowest BCUT2D eigenvalue weighted by Gasteiger charge is -2.34. The largest absolute Gasteiger partial charge is 0.399 e. The fraction of sp³-hybridized carbons (Fsp3) is 0.462. The highest BCUT2D eigenvalue weighted by Crippen LogP contribution is 2.65. The van der Waals surface area contributed by atoms with Crippen LogP contribution in [0.5, 0.6) is 0 Å². The van der Waals surface area contributed by atoms with E-state index in [9.17, 15) is 13.9 Å². The van der Waals surface area contributed by atoms with E-state index in [1.807, 2.05) is 0 Å². The zero-order valence-electron chi connectivity index (χ0n) is 10.6. The topological polar surface area (TPSA) is 84.6 Å². The summed E-state index contributed by atoms with van der Waals surface area (Å²) < 4.78 is 27.4. The van der Waals surface area contributed by atoms with Crippen LogP contribution in [0, 0.1) is 11.7 Å². The van der Waals surface area contributed by atoms with Crippen molar-refractivity contribution in [2.24, 2.45) is 16.6 Å². The maximum absolute atomic E-state index is 14.1. The molecule has 1 aromatic carbocycles. The number of rotatable bonds is 3. The van der Waals surface area contributed by atoms with Gasteiger partial charge in [-0.05, 0) is 24.6 Å². The van der Waals surface area contributed by atoms with Crippen LogP contribution in [0.15, 0.2) is 23.2 Å². The first-order valence-electron chi connectivity index (χ1n) is 6.24. The van der Waals surface area contributed by atoms with Crippen LogP contribution in [0.3, 0.4) is 0 Å². The van der Waals surface area contributed by atoms with E-state index in [0.717, 1.165) is 0 Å². The Bertz CT molecular complexity index is 597. The summed E-state index contributed by atoms with van der Waals surface area (Å²) in [6, 6.07) is 4.03. The third-order valence-corrected chi connectivity index (χ3v) is 5.43. The van der Waals surface area contributed by atoms with Gasteiger partial charge in [-0.2, -0.15) is 0 Å². The zero-order valence-corrected chi connectivity index (χ0v) is 11.5. The Morgan fingerprint density at radius 3 is 2.85 bits per heavy atom. The van der Waals surface area contributed by atoms with Crippen molar-refractivity contribution < 1.29 is 13.9 Å². The van der Waals surface area contributed by atoms with Crippen molar-refractivity contribution in [3.63, 3.8) is 0 Å². The lowest BCUT2D eigenvalue weighted by Crippen LogP contribution is -2.41. The van der Waals surface area contributed by atoms with Gasteiger partial charge in [-0.25, -0.2) is 13.8 Å². The van der Waals surface area contributed by atoms with Gasteiger partial charge in [0.1, 0.15) is 18.0 Å². The molecule has 0 bridgehead atoms. The first-order valence-corrected chi connectivity index (χ1v) is 7.06. The SMILES string of the molecule is NC1=N[C@](CF)(c2cc(N)ccc2F)C2C[C@@]2(CO)S1. The molecule has 1 fully saturated rings. The van der Waals surface area contributed by atoms with Gasteiger partial charge in [-0.1, -0.05) is 11.8 Å². The molecule has 3 rings (SSSR count). The Morgan fingerprint density at radius 1 is 1.45 bits per heavy atom. The Kier molecular flexibility index (Phi) is 2.95. The van der Waals surface area contributed by atoms with Crippen molar-refractivity contribution in [1.29, 1.82) is 0 Å². The Morgan fingerprint density at radius 2 is 2.20 bits per heavy atom. The molecular weight excluding hydrogens is 284 g/mol. The summed E-state index contributed by atoms with van der Waals surface area (Å²) in [5.41, 5.74) is 10.5. The molecule has 0 saturated heterocycles. The number of fused-ring (bicyclic) bond motifs is 1. The number of nitrogens with zero attached hydrogens (tertiary/aromatic N) is 1. The number of hydrogen-bond donors (Lipinski definition) is 3. The summed E-state index contributed by atoms with van der Waals surface area (Å²) in [5, 5.41) is 9.71. The van der Waals surface area contributed by atoms with Crippen LogP contribution in [0.25, 0.3) is 0 Å². The van der Waals surface area contributed by atoms with Crippen LogP contribution in [-0.4, -0.2) is 28.3 Å². The van der Waals surface area contributed by atoms with E-state index < -0.39 is 22.8 Å². The van der Waals surface area contributed by atoms with Crippen LogP contribution in [0.1, 0.15) is 12.0 Å². The molecule has 4 nitrogen and oxygen atoms in total. The van der Waals surface area contributed by atoms with Crippen molar-refractivity contribution >= 4 is 22.6 Å². The molecule has 0 spiro atoms. The molecule has 1 unspecified atom stereocenters. The normalized spacial score (nSPS) is 35.4. The number of nitrogens with two attached hydrogens (primary N) is 2. The van der Waals surface area contributed by atoms with Crippen LogP contribution < -0.4 is 11.5 Å². The maximum Gasteiger partial charge on any atom is 0.155 e. The average Bonchev–Trinajstić information content (AvgIpc) is 3.16. The van der Waals surface area contributed by atoms with Crippen molar-refractivity contribution in [1.82, 2.24) is 0 Å². The molecule has 1 saturated carbocycles. The number of aliphatic hydroxyl groups is 1. The van der Waals surface area contributed by atoms with Crippen molar-refractivity contribution in [2.45, 2.75) is 16.7 Å². The highest BCUT2D eigenvalue weighted by atomic mass is 32.2. The molecule has 2 aliphatic rings. The van der Waals surface area contributed by atoms with Crippen molar-refractivity contribution in [3.05, 3.63) is 29.6 Å². The van der Waals surface area contributed by atoms with E-state index in [2.05, 4.69) is 4.99 Å². The number of aliphatic imine (C=N–C) groups is 1. The van der Waals surface area contributed by atoms with Crippen molar-refractivity contribution in [3.8, 4) is 0 Å². The summed E-state index contributed by atoms with van der Waals surface area (Å²) in [5.74, 6) is -0.836. The number of amidine groups is 1. The number of hydrogen-bond acceptors (Lipinski definition) is 5. The van der Waals surface area contributed by atoms with Gasteiger partial charge in [-0.15, -0.1) is 0 Å². The summed E-state index contributed by atoms with van der Waals surface area (Å²) in [6.07, 6.45) is 0.552. The lowest BCUT2D eigenvalue weighted by molar-refractivity contribution is 0.231. The fourth-order valence-corrected chi connectivity index (χ4v) is 4.31. The molecule has 0 radical (unpaired) electrons. The molecular formula is C13H15F2N3OS. The molecule has 3 atom stereocenters. The summed E-state index contributed by atoms with van der Waals surface area (Å²) >= 11 is 1.24. The van der Waals surface area contributed by atoms with E-state index in [-0.39, 0.29) is 23.3 Å². The first-order chi connectivity index (χ1) is 9.47. The van der Waals surface area contributed by atoms with E-state index in [0.29, 0.717) is 12.1 Å². The molecule has 1 heterocycles. The molecule has 7 heteroatoms. The maximum atomic E-state index is 14.1. The smallest absolute Gasteiger partial charge is 0.155 e. The summed E-state index contributed by atoms with van der Waals surface area (Å²) in [6.45, 7) is -1.01. The Hall–Kier alpha value is -1.34. The van der Waals surface area contributed by atoms with Gasteiger partial charge in [0.15, 0.2) is 5.17 Å². The minimum Gasteiger partial charge on any atom is -0.399 e. The third-order valence-electron chi connectivity index (χ3n) is 4.15. The minimum absolute atomic E-state index is 0.114. The zero-order chi connectivity index (χ0) is 14.5.